The lowest BCUT2D eigenvalue weighted by molar-refractivity contribution is -0.121. The highest BCUT2D eigenvalue weighted by molar-refractivity contribution is 7.92. The van der Waals surface area contributed by atoms with Crippen molar-refractivity contribution in [2.45, 2.75) is 32.7 Å². The number of amides is 1. The van der Waals surface area contributed by atoms with Crippen LogP contribution in [-0.2, 0) is 21.2 Å². The number of hydrogen-bond donors (Lipinski definition) is 1. The Labute approximate surface area is 177 Å². The van der Waals surface area contributed by atoms with Gasteiger partial charge in [0.1, 0.15) is 11.8 Å². The van der Waals surface area contributed by atoms with Crippen molar-refractivity contribution in [1.29, 1.82) is 0 Å². The Bertz CT molecular complexity index is 963. The number of methoxy groups -OCH3 is 1. The highest BCUT2D eigenvalue weighted by Crippen LogP contribution is 2.26. The number of nitrogens with one attached hydrogen (secondary N) is 1. The van der Waals surface area contributed by atoms with E-state index in [4.69, 9.17) is 16.3 Å². The lowest BCUT2D eigenvalue weighted by atomic mass is 10.1. The van der Waals surface area contributed by atoms with Gasteiger partial charge in [-0.15, -0.1) is 0 Å². The molecule has 1 atom stereocenters. The van der Waals surface area contributed by atoms with Crippen LogP contribution in [0.3, 0.4) is 0 Å². The second-order valence-corrected chi connectivity index (χ2v) is 9.14. The maximum Gasteiger partial charge on any atom is 0.243 e. The van der Waals surface area contributed by atoms with Gasteiger partial charge in [0.2, 0.25) is 15.9 Å². The minimum atomic E-state index is -3.68. The standard InChI is InChI=1S/C21H27ClN2O4S/c1-15-11-12-18(14-19(15)22)24(29(4,26)27)16(2)21(25)23-13-7-9-17-8-5-6-10-20(17)28-3/h5-6,8,10-12,14,16H,7,9,13H2,1-4H3,(H,23,25)/t16-/m1/s1. The van der Waals surface area contributed by atoms with Crippen LogP contribution in [0.1, 0.15) is 24.5 Å². The fraction of sp³-hybridized carbons (Fsp3) is 0.381. The first-order valence-corrected chi connectivity index (χ1v) is 11.5. The Hall–Kier alpha value is -2.25. The first-order chi connectivity index (χ1) is 13.6. The SMILES string of the molecule is COc1ccccc1CCCNC(=O)[C@@H](C)N(c1ccc(C)c(Cl)c1)S(C)(=O)=O. The maximum atomic E-state index is 12.6. The molecule has 2 aromatic carbocycles. The summed E-state index contributed by atoms with van der Waals surface area (Å²) in [7, 11) is -2.05. The minimum absolute atomic E-state index is 0.361. The third-order valence-corrected chi connectivity index (χ3v) is 6.26. The van der Waals surface area contributed by atoms with E-state index < -0.39 is 16.1 Å². The third kappa shape index (κ3) is 6.11. The maximum absolute atomic E-state index is 12.6. The van der Waals surface area contributed by atoms with Crippen LogP contribution < -0.4 is 14.4 Å². The number of carbonyl (C=O) groups is 1. The molecular formula is C21H27ClN2O4S. The molecule has 0 saturated carbocycles. The van der Waals surface area contributed by atoms with Crippen LogP contribution in [-0.4, -0.2) is 40.3 Å². The Morgan fingerprint density at radius 1 is 1.24 bits per heavy atom. The summed E-state index contributed by atoms with van der Waals surface area (Å²) in [5, 5.41) is 3.26. The molecule has 29 heavy (non-hydrogen) atoms. The number of benzene rings is 2. The van der Waals surface area contributed by atoms with Gasteiger partial charge in [-0.05, 0) is 56.0 Å². The molecule has 0 spiro atoms. The summed E-state index contributed by atoms with van der Waals surface area (Å²) < 4.78 is 31.1. The van der Waals surface area contributed by atoms with Crippen LogP contribution in [0, 0.1) is 6.92 Å². The fourth-order valence-electron chi connectivity index (χ4n) is 3.08. The Balaban J connectivity index is 2.03. The fourth-order valence-corrected chi connectivity index (χ4v) is 4.42. The molecule has 0 unspecified atom stereocenters. The zero-order valence-electron chi connectivity index (χ0n) is 17.1. The molecule has 0 bridgehead atoms. The predicted octanol–water partition coefficient (Wildman–Crippen LogP) is 3.56. The number of sulfonamides is 1. The van der Waals surface area contributed by atoms with Crippen LogP contribution in [0.2, 0.25) is 5.02 Å². The molecule has 0 heterocycles. The highest BCUT2D eigenvalue weighted by atomic mass is 35.5. The average molecular weight is 439 g/mol. The second kappa shape index (κ2) is 9.98. The van der Waals surface area contributed by atoms with Crippen LogP contribution >= 0.6 is 11.6 Å². The van der Waals surface area contributed by atoms with Crippen molar-refractivity contribution in [2.75, 3.05) is 24.2 Å². The summed E-state index contributed by atoms with van der Waals surface area (Å²) in [6.45, 7) is 3.81. The van der Waals surface area contributed by atoms with Crippen molar-refractivity contribution in [3.63, 3.8) is 0 Å². The van der Waals surface area contributed by atoms with Crippen molar-refractivity contribution in [3.05, 3.63) is 58.6 Å². The van der Waals surface area contributed by atoms with Gasteiger partial charge in [0.25, 0.3) is 0 Å². The number of rotatable bonds is 9. The smallest absolute Gasteiger partial charge is 0.243 e. The summed E-state index contributed by atoms with van der Waals surface area (Å²) in [5.41, 5.74) is 2.25. The van der Waals surface area contributed by atoms with Crippen LogP contribution in [0.5, 0.6) is 5.75 Å². The van der Waals surface area contributed by atoms with Gasteiger partial charge in [0.15, 0.2) is 0 Å². The molecule has 0 aliphatic carbocycles. The molecule has 0 aliphatic rings. The van der Waals surface area contributed by atoms with E-state index in [-0.39, 0.29) is 5.91 Å². The van der Waals surface area contributed by atoms with Gasteiger partial charge in [-0.3, -0.25) is 9.10 Å². The molecule has 158 valence electrons. The molecule has 0 radical (unpaired) electrons. The summed E-state index contributed by atoms with van der Waals surface area (Å²) in [4.78, 5) is 12.6. The number of para-hydroxylation sites is 1. The zero-order chi connectivity index (χ0) is 21.6. The highest BCUT2D eigenvalue weighted by Gasteiger charge is 2.29. The molecule has 8 heteroatoms. The van der Waals surface area contributed by atoms with Crippen LogP contribution in [0.15, 0.2) is 42.5 Å². The predicted molar refractivity (Wildman–Crippen MR) is 117 cm³/mol. The molecular weight excluding hydrogens is 412 g/mol. The zero-order valence-corrected chi connectivity index (χ0v) is 18.7. The van der Waals surface area contributed by atoms with E-state index in [0.717, 1.165) is 33.9 Å². The Morgan fingerprint density at radius 2 is 1.93 bits per heavy atom. The monoisotopic (exact) mass is 438 g/mol. The topological polar surface area (TPSA) is 75.7 Å². The van der Waals surface area contributed by atoms with Gasteiger partial charge < -0.3 is 10.1 Å². The summed E-state index contributed by atoms with van der Waals surface area (Å²) in [6.07, 6.45) is 2.52. The normalized spacial score (nSPS) is 12.3. The summed E-state index contributed by atoms with van der Waals surface area (Å²) in [5.74, 6) is 0.443. The van der Waals surface area contributed by atoms with Crippen molar-refractivity contribution in [3.8, 4) is 5.75 Å². The molecule has 1 N–H and O–H groups in total. The van der Waals surface area contributed by atoms with E-state index in [1.807, 2.05) is 31.2 Å². The lowest BCUT2D eigenvalue weighted by Gasteiger charge is -2.28. The van der Waals surface area contributed by atoms with Gasteiger partial charge >= 0.3 is 0 Å². The number of anilines is 1. The van der Waals surface area contributed by atoms with Gasteiger partial charge in [-0.25, -0.2) is 8.42 Å². The van der Waals surface area contributed by atoms with Gasteiger partial charge in [0, 0.05) is 11.6 Å². The van der Waals surface area contributed by atoms with E-state index in [9.17, 15) is 13.2 Å². The van der Waals surface area contributed by atoms with Crippen LogP contribution in [0.25, 0.3) is 0 Å². The molecule has 0 aliphatic heterocycles. The number of carbonyl (C=O) groups excluding carboxylic acids is 1. The molecule has 2 rings (SSSR count). The van der Waals surface area contributed by atoms with Gasteiger partial charge in [0.05, 0.1) is 19.1 Å². The van der Waals surface area contributed by atoms with Crippen molar-refractivity contribution < 1.29 is 17.9 Å². The van der Waals surface area contributed by atoms with Crippen LogP contribution in [0.4, 0.5) is 5.69 Å². The van der Waals surface area contributed by atoms with E-state index >= 15 is 0 Å². The quantitative estimate of drug-likeness (QED) is 0.607. The molecule has 0 fully saturated rings. The largest absolute Gasteiger partial charge is 0.496 e. The second-order valence-electron chi connectivity index (χ2n) is 6.87. The number of hydrogen-bond acceptors (Lipinski definition) is 4. The van der Waals surface area contributed by atoms with Gasteiger partial charge in [-0.1, -0.05) is 35.9 Å². The van der Waals surface area contributed by atoms with Crippen molar-refractivity contribution >= 4 is 33.2 Å². The Kier molecular flexibility index (Phi) is 7.93. The Morgan fingerprint density at radius 3 is 2.55 bits per heavy atom. The number of ether oxygens (including phenoxy) is 1. The van der Waals surface area contributed by atoms with E-state index in [1.54, 1.807) is 32.2 Å². The molecule has 6 nitrogen and oxygen atoms in total. The van der Waals surface area contributed by atoms with Crippen molar-refractivity contribution in [1.82, 2.24) is 5.32 Å². The van der Waals surface area contributed by atoms with E-state index in [2.05, 4.69) is 5.32 Å². The van der Waals surface area contributed by atoms with E-state index in [0.29, 0.717) is 23.7 Å². The first-order valence-electron chi connectivity index (χ1n) is 9.30. The lowest BCUT2D eigenvalue weighted by Crippen LogP contribution is -2.48. The summed E-state index contributed by atoms with van der Waals surface area (Å²) in [6, 6.07) is 11.8. The minimum Gasteiger partial charge on any atom is -0.496 e. The number of nitrogens with zero attached hydrogens (tertiary/aromatic N) is 1. The number of halogens is 1. The van der Waals surface area contributed by atoms with Gasteiger partial charge in [-0.2, -0.15) is 0 Å². The first kappa shape index (κ1) is 23.0. The third-order valence-electron chi connectivity index (χ3n) is 4.61. The number of aryl methyl sites for hydroxylation is 2. The molecule has 0 saturated heterocycles. The van der Waals surface area contributed by atoms with Crippen molar-refractivity contribution in [2.24, 2.45) is 0 Å². The summed E-state index contributed by atoms with van der Waals surface area (Å²) >= 11 is 6.15. The van der Waals surface area contributed by atoms with E-state index in [1.165, 1.54) is 0 Å². The molecule has 2 aromatic rings. The average Bonchev–Trinajstić information content (AvgIpc) is 2.67. The molecule has 1 amide bonds. The molecule has 0 aromatic heterocycles.